The minimum absolute atomic E-state index is 0.0245. The second-order valence-corrected chi connectivity index (χ2v) is 8.84. The largest absolute Gasteiger partial charge is 0.493 e. The van der Waals surface area contributed by atoms with Crippen molar-refractivity contribution in [1.82, 2.24) is 9.80 Å². The first-order chi connectivity index (χ1) is 16.0. The van der Waals surface area contributed by atoms with E-state index in [1.54, 1.807) is 42.5 Å². The number of hydrogen-bond donors (Lipinski definition) is 0. The molecule has 2 aromatic rings. The van der Waals surface area contributed by atoms with E-state index < -0.39 is 0 Å². The maximum absolute atomic E-state index is 13.3. The fourth-order valence-electron chi connectivity index (χ4n) is 3.38. The molecular weight excluding hydrogens is 464 g/mol. The molecule has 7 nitrogen and oxygen atoms in total. The van der Waals surface area contributed by atoms with Crippen molar-refractivity contribution < 1.29 is 23.8 Å². The zero-order valence-corrected chi connectivity index (χ0v) is 21.1. The van der Waals surface area contributed by atoms with E-state index in [1.165, 1.54) is 0 Å². The van der Waals surface area contributed by atoms with Gasteiger partial charge in [-0.25, -0.2) is 0 Å². The predicted octanol–water partition coefficient (Wildman–Crippen LogP) is 3.83. The Morgan fingerprint density at radius 2 is 1.79 bits per heavy atom. The van der Waals surface area contributed by atoms with Crippen molar-refractivity contribution in [1.29, 1.82) is 0 Å². The minimum Gasteiger partial charge on any atom is -0.493 e. The number of ether oxygens (including phenoxy) is 3. The molecule has 0 saturated carbocycles. The van der Waals surface area contributed by atoms with Crippen molar-refractivity contribution >= 4 is 34.8 Å². The third-order valence-electron chi connectivity index (χ3n) is 5.16. The first-order valence-corrected chi connectivity index (χ1v) is 12.3. The molecule has 0 bridgehead atoms. The van der Waals surface area contributed by atoms with Gasteiger partial charge in [0.1, 0.15) is 0 Å². The van der Waals surface area contributed by atoms with Crippen LogP contribution in [0.2, 0.25) is 0 Å². The predicted molar refractivity (Wildman–Crippen MR) is 131 cm³/mol. The highest BCUT2D eigenvalue weighted by molar-refractivity contribution is 7.09. The van der Waals surface area contributed by atoms with Crippen molar-refractivity contribution in [2.75, 3.05) is 53.5 Å². The molecule has 0 aliphatic heterocycles. The van der Waals surface area contributed by atoms with Crippen molar-refractivity contribution in [2.24, 2.45) is 0 Å². The number of carbonyl (C=O) groups excluding carboxylic acids is 2. The molecule has 0 fully saturated rings. The number of nitrogens with zero attached hydrogens (tertiary/aromatic N) is 2. The lowest BCUT2D eigenvalue weighted by Gasteiger charge is -2.27. The van der Waals surface area contributed by atoms with Crippen molar-refractivity contribution in [3.8, 4) is 11.5 Å². The highest BCUT2D eigenvalue weighted by atomic mass is 35.5. The summed E-state index contributed by atoms with van der Waals surface area (Å²) in [7, 11) is 4.82. The SMILES string of the molecule is COCCCN(CC(=O)N(CCc1ccc(OC)c(OC)c1)Cc1cccs1)C(=O)CCCl. The highest BCUT2D eigenvalue weighted by Gasteiger charge is 2.21. The van der Waals surface area contributed by atoms with Crippen LogP contribution in [-0.2, 0) is 27.3 Å². The number of benzene rings is 1. The number of rotatable bonds is 15. The Bertz CT molecular complexity index is 863. The van der Waals surface area contributed by atoms with Gasteiger partial charge in [0.15, 0.2) is 11.5 Å². The van der Waals surface area contributed by atoms with E-state index in [1.807, 2.05) is 35.7 Å². The lowest BCUT2D eigenvalue weighted by atomic mass is 10.1. The Hall–Kier alpha value is -2.29. The number of amides is 2. The molecular formula is C24H33ClN2O5S. The van der Waals surface area contributed by atoms with Crippen LogP contribution >= 0.6 is 22.9 Å². The molecule has 2 amide bonds. The van der Waals surface area contributed by atoms with Crippen LogP contribution in [0.1, 0.15) is 23.3 Å². The molecule has 2 rings (SSSR count). The Kier molecular flexibility index (Phi) is 12.1. The van der Waals surface area contributed by atoms with Crippen molar-refractivity contribution in [3.63, 3.8) is 0 Å². The maximum Gasteiger partial charge on any atom is 0.242 e. The fraction of sp³-hybridized carbons (Fsp3) is 0.500. The summed E-state index contributed by atoms with van der Waals surface area (Å²) in [6.07, 6.45) is 1.52. The summed E-state index contributed by atoms with van der Waals surface area (Å²) in [6.45, 7) is 2.02. The van der Waals surface area contributed by atoms with Gasteiger partial charge in [-0.3, -0.25) is 9.59 Å². The number of halogens is 1. The van der Waals surface area contributed by atoms with Gasteiger partial charge in [0.05, 0.1) is 27.3 Å². The number of methoxy groups -OCH3 is 3. The Balaban J connectivity index is 2.12. The quantitative estimate of drug-likeness (QED) is 0.277. The smallest absolute Gasteiger partial charge is 0.242 e. The van der Waals surface area contributed by atoms with E-state index in [0.29, 0.717) is 50.6 Å². The number of hydrogen-bond acceptors (Lipinski definition) is 6. The maximum atomic E-state index is 13.3. The third kappa shape index (κ3) is 8.87. The van der Waals surface area contributed by atoms with Gasteiger partial charge in [-0.1, -0.05) is 12.1 Å². The third-order valence-corrected chi connectivity index (χ3v) is 6.21. The zero-order valence-electron chi connectivity index (χ0n) is 19.5. The molecule has 0 spiro atoms. The van der Waals surface area contributed by atoms with Crippen LogP contribution in [0.5, 0.6) is 11.5 Å². The topological polar surface area (TPSA) is 68.3 Å². The number of thiophene rings is 1. The Morgan fingerprint density at radius 3 is 2.42 bits per heavy atom. The van der Waals surface area contributed by atoms with E-state index in [9.17, 15) is 9.59 Å². The van der Waals surface area contributed by atoms with E-state index in [-0.39, 0.29) is 30.7 Å². The monoisotopic (exact) mass is 496 g/mol. The van der Waals surface area contributed by atoms with Crippen LogP contribution in [0.25, 0.3) is 0 Å². The van der Waals surface area contributed by atoms with E-state index in [0.717, 1.165) is 10.4 Å². The summed E-state index contributed by atoms with van der Waals surface area (Å²) in [5.74, 6) is 1.33. The molecule has 0 aliphatic carbocycles. The van der Waals surface area contributed by atoms with Gasteiger partial charge in [0.25, 0.3) is 0 Å². The minimum atomic E-state index is -0.120. The fourth-order valence-corrected chi connectivity index (χ4v) is 4.26. The lowest BCUT2D eigenvalue weighted by Crippen LogP contribution is -2.44. The average molecular weight is 497 g/mol. The van der Waals surface area contributed by atoms with Crippen LogP contribution in [0.3, 0.4) is 0 Å². The standard InChI is InChI=1S/C24H33ClN2O5S/c1-30-14-5-12-26(23(28)9-11-25)18-24(29)27(17-20-6-4-15-33-20)13-10-19-7-8-21(31-2)22(16-19)32-3/h4,6-8,15-16H,5,9-14,17-18H2,1-3H3. The van der Waals surface area contributed by atoms with Crippen molar-refractivity contribution in [3.05, 3.63) is 46.2 Å². The molecule has 182 valence electrons. The molecule has 0 N–H and O–H groups in total. The summed E-state index contributed by atoms with van der Waals surface area (Å²) < 4.78 is 15.8. The van der Waals surface area contributed by atoms with Crippen LogP contribution in [0.4, 0.5) is 0 Å². The Morgan fingerprint density at radius 1 is 1.00 bits per heavy atom. The van der Waals surface area contributed by atoms with E-state index in [4.69, 9.17) is 25.8 Å². The molecule has 33 heavy (non-hydrogen) atoms. The highest BCUT2D eigenvalue weighted by Crippen LogP contribution is 2.28. The first kappa shape index (κ1) is 27.0. The second kappa shape index (κ2) is 14.8. The molecule has 0 aliphatic rings. The van der Waals surface area contributed by atoms with Gasteiger partial charge in [0.2, 0.25) is 11.8 Å². The molecule has 1 aromatic heterocycles. The van der Waals surface area contributed by atoms with E-state index >= 15 is 0 Å². The van der Waals surface area contributed by atoms with Gasteiger partial charge >= 0.3 is 0 Å². The second-order valence-electron chi connectivity index (χ2n) is 7.43. The molecule has 0 unspecified atom stereocenters. The molecule has 1 heterocycles. The van der Waals surface area contributed by atoms with Gasteiger partial charge in [0, 0.05) is 44.0 Å². The molecule has 0 radical (unpaired) electrons. The lowest BCUT2D eigenvalue weighted by molar-refractivity contribution is -0.140. The summed E-state index contributed by atoms with van der Waals surface area (Å²) in [6, 6.07) is 9.74. The average Bonchev–Trinajstić information content (AvgIpc) is 3.34. The van der Waals surface area contributed by atoms with Crippen LogP contribution in [-0.4, -0.2) is 75.1 Å². The number of alkyl halides is 1. The van der Waals surface area contributed by atoms with Crippen molar-refractivity contribution in [2.45, 2.75) is 25.8 Å². The normalized spacial score (nSPS) is 10.7. The van der Waals surface area contributed by atoms with Gasteiger partial charge in [-0.05, 0) is 42.0 Å². The van der Waals surface area contributed by atoms with Gasteiger partial charge < -0.3 is 24.0 Å². The summed E-state index contributed by atoms with van der Waals surface area (Å²) in [5.41, 5.74) is 1.03. The van der Waals surface area contributed by atoms with Crippen LogP contribution in [0, 0.1) is 0 Å². The molecule has 9 heteroatoms. The summed E-state index contributed by atoms with van der Waals surface area (Å²) >= 11 is 7.38. The van der Waals surface area contributed by atoms with E-state index in [2.05, 4.69) is 0 Å². The van der Waals surface area contributed by atoms with Crippen LogP contribution < -0.4 is 9.47 Å². The van der Waals surface area contributed by atoms with Crippen LogP contribution in [0.15, 0.2) is 35.7 Å². The summed E-state index contributed by atoms with van der Waals surface area (Å²) in [4.78, 5) is 30.3. The van der Waals surface area contributed by atoms with Gasteiger partial charge in [-0.2, -0.15) is 0 Å². The molecule has 0 saturated heterocycles. The Labute approximate surface area is 205 Å². The van der Waals surface area contributed by atoms with Gasteiger partial charge in [-0.15, -0.1) is 22.9 Å². The summed E-state index contributed by atoms with van der Waals surface area (Å²) in [5, 5.41) is 1.99. The number of carbonyl (C=O) groups is 2. The zero-order chi connectivity index (χ0) is 24.1. The molecule has 1 aromatic carbocycles. The first-order valence-electron chi connectivity index (χ1n) is 10.9. The molecule has 0 atom stereocenters.